The van der Waals surface area contributed by atoms with E-state index in [1.807, 2.05) is 19.1 Å². The molecule has 1 saturated heterocycles. The Kier molecular flexibility index (Phi) is 3.33. The molecule has 0 bridgehead atoms. The van der Waals surface area contributed by atoms with Crippen molar-refractivity contribution in [1.82, 2.24) is 10.3 Å². The Morgan fingerprint density at radius 2 is 2.21 bits per heavy atom. The summed E-state index contributed by atoms with van der Waals surface area (Å²) in [5, 5.41) is 5.40. The van der Waals surface area contributed by atoms with Crippen LogP contribution in [0.1, 0.15) is 12.6 Å². The van der Waals surface area contributed by atoms with Crippen LogP contribution in [0, 0.1) is 6.92 Å². The van der Waals surface area contributed by atoms with Crippen molar-refractivity contribution in [3.63, 3.8) is 0 Å². The minimum Gasteiger partial charge on any atom is -0.368 e. The van der Waals surface area contributed by atoms with Crippen LogP contribution in [0.5, 0.6) is 0 Å². The average Bonchev–Trinajstić information content (AvgIpc) is 2.37. The van der Waals surface area contributed by atoms with Gasteiger partial charge in [-0.1, -0.05) is 11.6 Å². The zero-order valence-corrected chi connectivity index (χ0v) is 12.0. The molecule has 0 aliphatic carbocycles. The third kappa shape index (κ3) is 2.53. The molecule has 3 nitrogen and oxygen atoms in total. The topological polar surface area (TPSA) is 28.2 Å². The second-order valence-electron chi connectivity index (χ2n) is 5.25. The van der Waals surface area contributed by atoms with Crippen LogP contribution in [-0.4, -0.2) is 30.7 Å². The van der Waals surface area contributed by atoms with E-state index in [2.05, 4.69) is 34.3 Å². The molecule has 1 aromatic heterocycles. The standard InChI is InChI=1S/C15H18ClN3/c1-10-7-15(19-6-5-17-11(2)9-19)13-4-3-12(16)8-14(13)18-10/h3-4,7-8,11,17H,5-6,9H2,1-2H3. The molecular formula is C15H18ClN3. The van der Waals surface area contributed by atoms with Gasteiger partial charge in [0.1, 0.15) is 0 Å². The first-order chi connectivity index (χ1) is 9.13. The smallest absolute Gasteiger partial charge is 0.0740 e. The Bertz CT molecular complexity index is 606. The summed E-state index contributed by atoms with van der Waals surface area (Å²) >= 11 is 6.07. The number of pyridine rings is 1. The van der Waals surface area contributed by atoms with Gasteiger partial charge in [-0.2, -0.15) is 0 Å². The molecule has 1 aliphatic rings. The van der Waals surface area contributed by atoms with Gasteiger partial charge in [0.25, 0.3) is 0 Å². The Hall–Kier alpha value is -1.32. The van der Waals surface area contributed by atoms with Crippen LogP contribution in [0.3, 0.4) is 0 Å². The lowest BCUT2D eigenvalue weighted by Crippen LogP contribution is -2.49. The lowest BCUT2D eigenvalue weighted by Gasteiger charge is -2.34. The number of anilines is 1. The molecule has 100 valence electrons. The third-order valence-electron chi connectivity index (χ3n) is 3.59. The van der Waals surface area contributed by atoms with Crippen LogP contribution in [0.2, 0.25) is 5.02 Å². The summed E-state index contributed by atoms with van der Waals surface area (Å²) in [5.41, 5.74) is 3.29. The number of benzene rings is 1. The van der Waals surface area contributed by atoms with Crippen molar-refractivity contribution < 1.29 is 0 Å². The summed E-state index contributed by atoms with van der Waals surface area (Å²) in [6.45, 7) is 7.35. The van der Waals surface area contributed by atoms with E-state index in [0.29, 0.717) is 6.04 Å². The summed E-state index contributed by atoms with van der Waals surface area (Å²) in [6.07, 6.45) is 0. The van der Waals surface area contributed by atoms with Crippen molar-refractivity contribution in [2.24, 2.45) is 0 Å². The Morgan fingerprint density at radius 3 is 3.00 bits per heavy atom. The van der Waals surface area contributed by atoms with Crippen LogP contribution in [0.4, 0.5) is 5.69 Å². The van der Waals surface area contributed by atoms with E-state index in [1.54, 1.807) is 0 Å². The SMILES string of the molecule is Cc1cc(N2CCNC(C)C2)c2ccc(Cl)cc2n1. The van der Waals surface area contributed by atoms with Gasteiger partial charge in [-0.25, -0.2) is 0 Å². The molecule has 0 saturated carbocycles. The fourth-order valence-electron chi connectivity index (χ4n) is 2.72. The summed E-state index contributed by atoms with van der Waals surface area (Å²) < 4.78 is 0. The van der Waals surface area contributed by atoms with Crippen LogP contribution in [0.25, 0.3) is 10.9 Å². The van der Waals surface area contributed by atoms with Gasteiger partial charge in [0.15, 0.2) is 0 Å². The van der Waals surface area contributed by atoms with Crippen LogP contribution < -0.4 is 10.2 Å². The zero-order valence-electron chi connectivity index (χ0n) is 11.3. The second kappa shape index (κ2) is 4.99. The number of fused-ring (bicyclic) bond motifs is 1. The highest BCUT2D eigenvalue weighted by molar-refractivity contribution is 6.31. The normalized spacial score (nSPS) is 19.9. The summed E-state index contributed by atoms with van der Waals surface area (Å²) in [7, 11) is 0. The van der Waals surface area contributed by atoms with Crippen molar-refractivity contribution in [3.8, 4) is 0 Å². The van der Waals surface area contributed by atoms with E-state index in [9.17, 15) is 0 Å². The van der Waals surface area contributed by atoms with E-state index in [-0.39, 0.29) is 0 Å². The van der Waals surface area contributed by atoms with Gasteiger partial charge in [-0.3, -0.25) is 4.98 Å². The third-order valence-corrected chi connectivity index (χ3v) is 3.82. The highest BCUT2D eigenvalue weighted by Gasteiger charge is 2.18. The molecule has 2 aromatic rings. The average molecular weight is 276 g/mol. The van der Waals surface area contributed by atoms with Crippen LogP contribution in [0.15, 0.2) is 24.3 Å². The molecule has 2 heterocycles. The summed E-state index contributed by atoms with van der Waals surface area (Å²) in [5.74, 6) is 0. The maximum Gasteiger partial charge on any atom is 0.0740 e. The van der Waals surface area contributed by atoms with Crippen molar-refractivity contribution in [2.75, 3.05) is 24.5 Å². The van der Waals surface area contributed by atoms with Crippen LogP contribution in [-0.2, 0) is 0 Å². The molecule has 0 radical (unpaired) electrons. The maximum atomic E-state index is 6.07. The quantitative estimate of drug-likeness (QED) is 0.867. The molecule has 1 aromatic carbocycles. The number of aryl methyl sites for hydroxylation is 1. The fourth-order valence-corrected chi connectivity index (χ4v) is 2.89. The zero-order chi connectivity index (χ0) is 13.4. The Morgan fingerprint density at radius 1 is 1.37 bits per heavy atom. The molecule has 1 N–H and O–H groups in total. The summed E-state index contributed by atoms with van der Waals surface area (Å²) in [4.78, 5) is 7.02. The molecule has 1 fully saturated rings. The monoisotopic (exact) mass is 275 g/mol. The van der Waals surface area contributed by atoms with Gasteiger partial charge in [0, 0.05) is 47.5 Å². The number of halogens is 1. The first-order valence-electron chi connectivity index (χ1n) is 6.69. The molecule has 4 heteroatoms. The lowest BCUT2D eigenvalue weighted by molar-refractivity contribution is 0.485. The van der Waals surface area contributed by atoms with Gasteiger partial charge < -0.3 is 10.2 Å². The van der Waals surface area contributed by atoms with Crippen molar-refractivity contribution >= 4 is 28.2 Å². The largest absolute Gasteiger partial charge is 0.368 e. The first kappa shape index (κ1) is 12.7. The lowest BCUT2D eigenvalue weighted by atomic mass is 10.1. The Balaban J connectivity index is 2.11. The number of hydrogen-bond donors (Lipinski definition) is 1. The molecule has 0 spiro atoms. The predicted octanol–water partition coefficient (Wildman–Crippen LogP) is 2.99. The van der Waals surface area contributed by atoms with Crippen LogP contribution >= 0.6 is 11.6 Å². The number of piperazine rings is 1. The molecule has 1 atom stereocenters. The number of hydrogen-bond acceptors (Lipinski definition) is 3. The van der Waals surface area contributed by atoms with E-state index in [1.165, 1.54) is 11.1 Å². The molecule has 0 amide bonds. The maximum absolute atomic E-state index is 6.07. The van der Waals surface area contributed by atoms with Crippen molar-refractivity contribution in [2.45, 2.75) is 19.9 Å². The van der Waals surface area contributed by atoms with E-state index >= 15 is 0 Å². The van der Waals surface area contributed by atoms with E-state index < -0.39 is 0 Å². The molecule has 3 rings (SSSR count). The molecule has 1 aliphatic heterocycles. The highest BCUT2D eigenvalue weighted by Crippen LogP contribution is 2.29. The van der Waals surface area contributed by atoms with Crippen molar-refractivity contribution in [1.29, 1.82) is 0 Å². The molecule has 1 unspecified atom stereocenters. The highest BCUT2D eigenvalue weighted by atomic mass is 35.5. The van der Waals surface area contributed by atoms with Gasteiger partial charge in [-0.15, -0.1) is 0 Å². The minimum atomic E-state index is 0.518. The van der Waals surface area contributed by atoms with E-state index in [0.717, 1.165) is 35.9 Å². The van der Waals surface area contributed by atoms with Gasteiger partial charge in [0.2, 0.25) is 0 Å². The Labute approximate surface area is 118 Å². The minimum absolute atomic E-state index is 0.518. The van der Waals surface area contributed by atoms with Gasteiger partial charge in [-0.05, 0) is 38.1 Å². The second-order valence-corrected chi connectivity index (χ2v) is 5.68. The first-order valence-corrected chi connectivity index (χ1v) is 7.06. The predicted molar refractivity (Wildman–Crippen MR) is 81.2 cm³/mol. The fraction of sp³-hybridized carbons (Fsp3) is 0.400. The van der Waals surface area contributed by atoms with E-state index in [4.69, 9.17) is 11.6 Å². The number of rotatable bonds is 1. The summed E-state index contributed by atoms with van der Waals surface area (Å²) in [6, 6.07) is 8.65. The van der Waals surface area contributed by atoms with Gasteiger partial charge >= 0.3 is 0 Å². The molecule has 19 heavy (non-hydrogen) atoms. The molecular weight excluding hydrogens is 258 g/mol. The number of nitrogens with zero attached hydrogens (tertiary/aromatic N) is 2. The van der Waals surface area contributed by atoms with Crippen molar-refractivity contribution in [3.05, 3.63) is 35.0 Å². The van der Waals surface area contributed by atoms with Gasteiger partial charge in [0.05, 0.1) is 5.52 Å². The number of nitrogens with one attached hydrogen (secondary N) is 1. The number of aromatic nitrogens is 1.